The van der Waals surface area contributed by atoms with E-state index >= 15 is 0 Å². The summed E-state index contributed by atoms with van der Waals surface area (Å²) in [6, 6.07) is 14.8. The first kappa shape index (κ1) is 16.6. The molecule has 0 aliphatic carbocycles. The molecule has 4 aromatic rings. The van der Waals surface area contributed by atoms with Gasteiger partial charge in [-0.25, -0.2) is 9.99 Å². The first-order valence-electron chi connectivity index (χ1n) is 9.09. The highest BCUT2D eigenvalue weighted by Crippen LogP contribution is 2.33. The van der Waals surface area contributed by atoms with Crippen LogP contribution < -0.4 is 0 Å². The third-order valence-electron chi connectivity index (χ3n) is 4.98. The fraction of sp³-hybridized carbons (Fsp3) is 0.190. The molecule has 0 saturated carbocycles. The molecule has 7 heteroatoms. The summed E-state index contributed by atoms with van der Waals surface area (Å²) >= 11 is 0. The van der Waals surface area contributed by atoms with Gasteiger partial charge < -0.3 is 13.4 Å². The van der Waals surface area contributed by atoms with Crippen molar-refractivity contribution in [2.24, 2.45) is 5.10 Å². The molecule has 0 radical (unpaired) electrons. The molecule has 0 fully saturated rings. The maximum absolute atomic E-state index is 13.2. The number of hydrogen-bond donors (Lipinski definition) is 0. The van der Waals surface area contributed by atoms with E-state index in [0.717, 1.165) is 22.6 Å². The Balaban J connectivity index is 1.49. The van der Waals surface area contributed by atoms with Crippen LogP contribution in [0.1, 0.15) is 29.8 Å². The molecule has 4 heterocycles. The van der Waals surface area contributed by atoms with E-state index in [4.69, 9.17) is 8.83 Å². The summed E-state index contributed by atoms with van der Waals surface area (Å²) in [5.41, 5.74) is 2.53. The number of hydrazone groups is 1. The van der Waals surface area contributed by atoms with Crippen molar-refractivity contribution in [3.05, 3.63) is 78.4 Å². The van der Waals surface area contributed by atoms with Gasteiger partial charge in [0.25, 0.3) is 5.91 Å². The Morgan fingerprint density at radius 2 is 1.93 bits per heavy atom. The molecule has 1 atom stereocenters. The second-order valence-electron chi connectivity index (χ2n) is 6.73. The van der Waals surface area contributed by atoms with E-state index in [-0.39, 0.29) is 18.5 Å². The average Bonchev–Trinajstić information content (AvgIpc) is 3.48. The third kappa shape index (κ3) is 2.72. The van der Waals surface area contributed by atoms with Crippen molar-refractivity contribution in [1.29, 1.82) is 0 Å². The number of furan rings is 2. The van der Waals surface area contributed by atoms with Crippen LogP contribution in [0.15, 0.2) is 75.0 Å². The predicted molar refractivity (Wildman–Crippen MR) is 103 cm³/mol. The van der Waals surface area contributed by atoms with Gasteiger partial charge in [0.15, 0.2) is 0 Å². The first-order valence-corrected chi connectivity index (χ1v) is 9.09. The third-order valence-corrected chi connectivity index (χ3v) is 4.98. The number of carbonyl (C=O) groups is 1. The smallest absolute Gasteiger partial charge is 0.263 e. The zero-order valence-corrected chi connectivity index (χ0v) is 15.3. The lowest BCUT2D eigenvalue weighted by Crippen LogP contribution is -2.30. The van der Waals surface area contributed by atoms with Crippen molar-refractivity contribution < 1.29 is 13.6 Å². The lowest BCUT2D eigenvalue weighted by atomic mass is 10.1. The number of benzene rings is 1. The SMILES string of the molecule is Cc1nc2ccccc2n1CC(=O)N1N=C(c2ccco2)CC1c1ccco1. The van der Waals surface area contributed by atoms with Crippen molar-refractivity contribution in [2.45, 2.75) is 25.9 Å². The Bertz CT molecular complexity index is 1160. The van der Waals surface area contributed by atoms with Crippen LogP contribution in [0.25, 0.3) is 11.0 Å². The zero-order chi connectivity index (χ0) is 19.1. The lowest BCUT2D eigenvalue weighted by molar-refractivity contribution is -0.134. The van der Waals surface area contributed by atoms with Gasteiger partial charge in [-0.05, 0) is 43.3 Å². The minimum atomic E-state index is -0.294. The molecular weight excluding hydrogens is 356 g/mol. The Morgan fingerprint density at radius 1 is 1.11 bits per heavy atom. The molecule has 0 N–H and O–H groups in total. The van der Waals surface area contributed by atoms with Gasteiger partial charge in [-0.2, -0.15) is 5.10 Å². The van der Waals surface area contributed by atoms with Crippen LogP contribution in [0, 0.1) is 6.92 Å². The van der Waals surface area contributed by atoms with E-state index < -0.39 is 0 Å². The molecule has 7 nitrogen and oxygen atoms in total. The van der Waals surface area contributed by atoms with Crippen LogP contribution in [0.5, 0.6) is 0 Å². The van der Waals surface area contributed by atoms with E-state index in [2.05, 4.69) is 10.1 Å². The molecule has 0 saturated heterocycles. The molecule has 0 spiro atoms. The molecule has 140 valence electrons. The summed E-state index contributed by atoms with van der Waals surface area (Å²) in [6.45, 7) is 2.05. The molecule has 1 aliphatic heterocycles. The summed E-state index contributed by atoms with van der Waals surface area (Å²) in [4.78, 5) is 17.8. The van der Waals surface area contributed by atoms with Gasteiger partial charge in [0, 0.05) is 6.42 Å². The van der Waals surface area contributed by atoms with Crippen molar-refractivity contribution in [3.8, 4) is 0 Å². The molecule has 28 heavy (non-hydrogen) atoms. The highest BCUT2D eigenvalue weighted by molar-refractivity contribution is 6.01. The van der Waals surface area contributed by atoms with E-state index in [1.54, 1.807) is 12.5 Å². The van der Waals surface area contributed by atoms with Crippen molar-refractivity contribution in [1.82, 2.24) is 14.6 Å². The monoisotopic (exact) mass is 374 g/mol. The molecule has 1 amide bonds. The number of rotatable bonds is 4. The summed E-state index contributed by atoms with van der Waals surface area (Å²) < 4.78 is 13.0. The van der Waals surface area contributed by atoms with Crippen LogP contribution in [0.2, 0.25) is 0 Å². The second kappa shape index (κ2) is 6.53. The van der Waals surface area contributed by atoms with E-state index in [1.165, 1.54) is 5.01 Å². The van der Waals surface area contributed by atoms with Gasteiger partial charge >= 0.3 is 0 Å². The summed E-state index contributed by atoms with van der Waals surface area (Å²) in [5, 5.41) is 6.08. The second-order valence-corrected chi connectivity index (χ2v) is 6.73. The quantitative estimate of drug-likeness (QED) is 0.543. The number of hydrogen-bond acceptors (Lipinski definition) is 5. The molecule has 3 aromatic heterocycles. The number of carbonyl (C=O) groups excluding carboxylic acids is 1. The maximum atomic E-state index is 13.2. The standard InChI is InChI=1S/C21H18N4O3/c1-14-22-15-6-2-3-7-17(15)24(14)13-21(26)25-18(20-9-5-11-28-20)12-16(23-25)19-8-4-10-27-19/h2-11,18H,12-13H2,1H3. The van der Waals surface area contributed by atoms with Crippen LogP contribution in [0.3, 0.4) is 0 Å². The number of fused-ring (bicyclic) bond motifs is 1. The Hall–Kier alpha value is -3.61. The fourth-order valence-corrected chi connectivity index (χ4v) is 3.64. The number of aromatic nitrogens is 2. The number of aryl methyl sites for hydroxylation is 1. The normalized spacial score (nSPS) is 16.7. The zero-order valence-electron chi connectivity index (χ0n) is 15.3. The van der Waals surface area contributed by atoms with Crippen LogP contribution >= 0.6 is 0 Å². The summed E-state index contributed by atoms with van der Waals surface area (Å²) in [7, 11) is 0. The van der Waals surface area contributed by atoms with Gasteiger partial charge in [-0.15, -0.1) is 0 Å². The van der Waals surface area contributed by atoms with Crippen LogP contribution in [-0.4, -0.2) is 26.2 Å². The molecule has 0 bridgehead atoms. The Labute approximate surface area is 160 Å². The number of imidazole rings is 1. The molecular formula is C21H18N4O3. The lowest BCUT2D eigenvalue weighted by Gasteiger charge is -2.20. The number of para-hydroxylation sites is 2. The van der Waals surface area contributed by atoms with Gasteiger partial charge in [-0.1, -0.05) is 12.1 Å². The average molecular weight is 374 g/mol. The number of nitrogens with zero attached hydrogens (tertiary/aromatic N) is 4. The Morgan fingerprint density at radius 3 is 2.71 bits per heavy atom. The maximum Gasteiger partial charge on any atom is 0.263 e. The van der Waals surface area contributed by atoms with Crippen molar-refractivity contribution in [2.75, 3.05) is 0 Å². The molecule has 5 rings (SSSR count). The minimum absolute atomic E-state index is 0.130. The molecule has 1 aromatic carbocycles. The summed E-state index contributed by atoms with van der Waals surface area (Å²) in [6.07, 6.45) is 3.75. The highest BCUT2D eigenvalue weighted by Gasteiger charge is 2.36. The largest absolute Gasteiger partial charge is 0.467 e. The van der Waals surface area contributed by atoms with E-state index in [0.29, 0.717) is 17.9 Å². The van der Waals surface area contributed by atoms with Gasteiger partial charge in [0.05, 0.1) is 23.6 Å². The van der Waals surface area contributed by atoms with Crippen LogP contribution in [0.4, 0.5) is 0 Å². The first-order chi connectivity index (χ1) is 13.7. The predicted octanol–water partition coefficient (Wildman–Crippen LogP) is 3.91. The van der Waals surface area contributed by atoms with E-state index in [9.17, 15) is 4.79 Å². The number of amides is 1. The fourth-order valence-electron chi connectivity index (χ4n) is 3.64. The van der Waals surface area contributed by atoms with Gasteiger partial charge in [-0.3, -0.25) is 4.79 Å². The van der Waals surface area contributed by atoms with Crippen molar-refractivity contribution >= 4 is 22.7 Å². The molecule has 1 unspecified atom stereocenters. The highest BCUT2D eigenvalue weighted by atomic mass is 16.3. The van der Waals surface area contributed by atoms with Gasteiger partial charge in [0.2, 0.25) is 0 Å². The van der Waals surface area contributed by atoms with Crippen LogP contribution in [-0.2, 0) is 11.3 Å². The molecule has 1 aliphatic rings. The van der Waals surface area contributed by atoms with E-state index in [1.807, 2.05) is 60.0 Å². The summed E-state index contributed by atoms with van der Waals surface area (Å²) in [5.74, 6) is 2.02. The van der Waals surface area contributed by atoms with Crippen molar-refractivity contribution in [3.63, 3.8) is 0 Å². The van der Waals surface area contributed by atoms with Gasteiger partial charge in [0.1, 0.15) is 35.6 Å². The minimum Gasteiger partial charge on any atom is -0.467 e. The Kier molecular flexibility index (Phi) is 3.86. The topological polar surface area (TPSA) is 76.8 Å².